The lowest BCUT2D eigenvalue weighted by molar-refractivity contribution is 0.0956. The first kappa shape index (κ1) is 14.8. The molecule has 0 aliphatic rings. The average molecular weight is 219 g/mol. The van der Waals surface area contributed by atoms with E-state index in [9.17, 15) is 5.11 Å². The van der Waals surface area contributed by atoms with Gasteiger partial charge < -0.3 is 19.9 Å². The predicted octanol–water partition coefficient (Wildman–Crippen LogP) is 0.646. The van der Waals surface area contributed by atoms with E-state index in [-0.39, 0.29) is 6.10 Å². The van der Waals surface area contributed by atoms with Crippen LogP contribution in [0.15, 0.2) is 0 Å². The first-order valence-corrected chi connectivity index (χ1v) is 5.64. The Morgan fingerprint density at radius 1 is 1.20 bits per heavy atom. The molecule has 92 valence electrons. The van der Waals surface area contributed by atoms with Crippen molar-refractivity contribution in [3.8, 4) is 0 Å². The Balaban J connectivity index is 3.05. The number of rotatable bonds is 10. The van der Waals surface area contributed by atoms with E-state index in [4.69, 9.17) is 9.47 Å². The summed E-state index contributed by atoms with van der Waals surface area (Å²) in [5.41, 5.74) is 0. The molecule has 0 fully saturated rings. The molecule has 0 spiro atoms. The lowest BCUT2D eigenvalue weighted by atomic mass is 10.1. The topological polar surface area (TPSA) is 50.7 Å². The van der Waals surface area contributed by atoms with Gasteiger partial charge in [-0.2, -0.15) is 0 Å². The molecule has 0 aromatic carbocycles. The Morgan fingerprint density at radius 2 is 1.93 bits per heavy atom. The van der Waals surface area contributed by atoms with E-state index in [2.05, 4.69) is 5.32 Å². The van der Waals surface area contributed by atoms with Gasteiger partial charge in [0.1, 0.15) is 0 Å². The molecule has 0 amide bonds. The second kappa shape index (κ2) is 10.4. The fourth-order valence-corrected chi connectivity index (χ4v) is 1.04. The van der Waals surface area contributed by atoms with Crippen molar-refractivity contribution in [3.05, 3.63) is 0 Å². The van der Waals surface area contributed by atoms with Crippen LogP contribution in [0.3, 0.4) is 0 Å². The van der Waals surface area contributed by atoms with Crippen molar-refractivity contribution < 1.29 is 14.6 Å². The molecule has 0 bridgehead atoms. The van der Waals surface area contributed by atoms with Gasteiger partial charge in [-0.25, -0.2) is 0 Å². The molecular formula is C11H25NO3. The van der Waals surface area contributed by atoms with Crippen LogP contribution >= 0.6 is 0 Å². The van der Waals surface area contributed by atoms with Gasteiger partial charge in [0.2, 0.25) is 0 Å². The second-order valence-corrected chi connectivity index (χ2v) is 3.97. The number of aliphatic hydroxyl groups is 1. The van der Waals surface area contributed by atoms with Gasteiger partial charge in [0.15, 0.2) is 0 Å². The number of methoxy groups -OCH3 is 1. The lowest BCUT2D eigenvalue weighted by Crippen LogP contribution is -2.32. The fourth-order valence-electron chi connectivity index (χ4n) is 1.04. The van der Waals surface area contributed by atoms with Gasteiger partial charge >= 0.3 is 0 Å². The molecule has 1 atom stereocenters. The molecule has 15 heavy (non-hydrogen) atoms. The molecule has 0 rings (SSSR count). The zero-order chi connectivity index (χ0) is 11.5. The van der Waals surface area contributed by atoms with Crippen molar-refractivity contribution in [2.24, 2.45) is 5.92 Å². The standard InChI is InChI=1S/C11H25NO3/c1-10(2)11(13)9-12-5-8-15-7-4-6-14-3/h10-13H,4-9H2,1-3H3. The quantitative estimate of drug-likeness (QED) is 0.530. The van der Waals surface area contributed by atoms with Gasteiger partial charge in [-0.05, 0) is 12.3 Å². The van der Waals surface area contributed by atoms with Gasteiger partial charge in [-0.3, -0.25) is 0 Å². The van der Waals surface area contributed by atoms with E-state index in [1.54, 1.807) is 7.11 Å². The second-order valence-electron chi connectivity index (χ2n) is 3.97. The maximum Gasteiger partial charge on any atom is 0.0687 e. The van der Waals surface area contributed by atoms with Gasteiger partial charge in [0.05, 0.1) is 12.7 Å². The van der Waals surface area contributed by atoms with Crippen molar-refractivity contribution in [2.75, 3.05) is 40.0 Å². The molecule has 0 saturated carbocycles. The smallest absolute Gasteiger partial charge is 0.0687 e. The van der Waals surface area contributed by atoms with Crippen LogP contribution in [-0.2, 0) is 9.47 Å². The predicted molar refractivity (Wildman–Crippen MR) is 61.0 cm³/mol. The van der Waals surface area contributed by atoms with Gasteiger partial charge in [-0.15, -0.1) is 0 Å². The molecule has 0 aromatic heterocycles. The Morgan fingerprint density at radius 3 is 2.53 bits per heavy atom. The Hall–Kier alpha value is -0.160. The molecule has 0 radical (unpaired) electrons. The summed E-state index contributed by atoms with van der Waals surface area (Å²) in [5, 5.41) is 12.6. The zero-order valence-corrected chi connectivity index (χ0v) is 10.2. The van der Waals surface area contributed by atoms with E-state index >= 15 is 0 Å². The highest BCUT2D eigenvalue weighted by Crippen LogP contribution is 1.98. The van der Waals surface area contributed by atoms with Crippen LogP contribution in [-0.4, -0.2) is 51.2 Å². The highest BCUT2D eigenvalue weighted by atomic mass is 16.5. The van der Waals surface area contributed by atoms with E-state index in [1.165, 1.54) is 0 Å². The minimum Gasteiger partial charge on any atom is -0.392 e. The van der Waals surface area contributed by atoms with Crippen LogP contribution in [0.25, 0.3) is 0 Å². The zero-order valence-electron chi connectivity index (χ0n) is 10.2. The normalized spacial score (nSPS) is 13.4. The van der Waals surface area contributed by atoms with Crippen LogP contribution in [0.5, 0.6) is 0 Å². The van der Waals surface area contributed by atoms with E-state index in [0.717, 1.165) is 26.2 Å². The highest BCUT2D eigenvalue weighted by Gasteiger charge is 2.07. The summed E-state index contributed by atoms with van der Waals surface area (Å²) in [6.07, 6.45) is 0.670. The summed E-state index contributed by atoms with van der Waals surface area (Å²) in [7, 11) is 1.69. The molecular weight excluding hydrogens is 194 g/mol. The number of aliphatic hydroxyl groups excluding tert-OH is 1. The molecule has 0 aliphatic heterocycles. The van der Waals surface area contributed by atoms with Crippen LogP contribution < -0.4 is 5.32 Å². The maximum absolute atomic E-state index is 9.48. The third-order valence-electron chi connectivity index (χ3n) is 2.18. The average Bonchev–Trinajstić information content (AvgIpc) is 2.21. The van der Waals surface area contributed by atoms with E-state index in [1.807, 2.05) is 13.8 Å². The third kappa shape index (κ3) is 10.1. The Labute approximate surface area is 93.0 Å². The minimum atomic E-state index is -0.265. The summed E-state index contributed by atoms with van der Waals surface area (Å²) in [6.45, 7) is 7.62. The Bertz CT molecular complexity index is 131. The molecule has 0 aromatic rings. The van der Waals surface area contributed by atoms with Gasteiger partial charge in [0.25, 0.3) is 0 Å². The monoisotopic (exact) mass is 219 g/mol. The van der Waals surface area contributed by atoms with Crippen LogP contribution in [0.2, 0.25) is 0 Å². The maximum atomic E-state index is 9.48. The van der Waals surface area contributed by atoms with Crippen molar-refractivity contribution >= 4 is 0 Å². The van der Waals surface area contributed by atoms with Crippen LogP contribution in [0.1, 0.15) is 20.3 Å². The van der Waals surface area contributed by atoms with Crippen LogP contribution in [0.4, 0.5) is 0 Å². The highest BCUT2D eigenvalue weighted by molar-refractivity contribution is 4.62. The molecule has 0 saturated heterocycles. The molecule has 4 nitrogen and oxygen atoms in total. The SMILES string of the molecule is COCCCOCCNCC(O)C(C)C. The van der Waals surface area contributed by atoms with Crippen molar-refractivity contribution in [1.29, 1.82) is 0 Å². The first-order chi connectivity index (χ1) is 7.18. The third-order valence-corrected chi connectivity index (χ3v) is 2.18. The van der Waals surface area contributed by atoms with Crippen molar-refractivity contribution in [2.45, 2.75) is 26.4 Å². The molecule has 1 unspecified atom stereocenters. The molecule has 2 N–H and O–H groups in total. The first-order valence-electron chi connectivity index (χ1n) is 5.64. The summed E-state index contributed by atoms with van der Waals surface area (Å²) in [4.78, 5) is 0. The molecule has 0 heterocycles. The van der Waals surface area contributed by atoms with Crippen molar-refractivity contribution in [3.63, 3.8) is 0 Å². The minimum absolute atomic E-state index is 0.265. The van der Waals surface area contributed by atoms with Crippen molar-refractivity contribution in [1.82, 2.24) is 5.32 Å². The summed E-state index contributed by atoms with van der Waals surface area (Å²) in [6, 6.07) is 0. The molecule has 0 aliphatic carbocycles. The fraction of sp³-hybridized carbons (Fsp3) is 1.00. The number of ether oxygens (including phenoxy) is 2. The van der Waals surface area contributed by atoms with Gasteiger partial charge in [0, 0.05) is 33.4 Å². The number of nitrogens with one attached hydrogen (secondary N) is 1. The lowest BCUT2D eigenvalue weighted by Gasteiger charge is -2.14. The number of hydrogen-bond acceptors (Lipinski definition) is 4. The van der Waals surface area contributed by atoms with Crippen LogP contribution in [0, 0.1) is 5.92 Å². The summed E-state index contributed by atoms with van der Waals surface area (Å²) < 4.78 is 10.3. The molecule has 4 heteroatoms. The largest absolute Gasteiger partial charge is 0.392 e. The number of hydrogen-bond donors (Lipinski definition) is 2. The van der Waals surface area contributed by atoms with Gasteiger partial charge in [-0.1, -0.05) is 13.8 Å². The van der Waals surface area contributed by atoms with E-state index in [0.29, 0.717) is 19.1 Å². The van der Waals surface area contributed by atoms with E-state index < -0.39 is 0 Å². The summed E-state index contributed by atoms with van der Waals surface area (Å²) in [5.74, 6) is 0.306. The summed E-state index contributed by atoms with van der Waals surface area (Å²) >= 11 is 0. The Kier molecular flexibility index (Phi) is 10.3.